The van der Waals surface area contributed by atoms with E-state index in [-0.39, 0.29) is 12.0 Å². The molecule has 6 heteroatoms. The van der Waals surface area contributed by atoms with E-state index in [1.165, 1.54) is 5.69 Å². The second-order valence-corrected chi connectivity index (χ2v) is 7.61. The topological polar surface area (TPSA) is 83.8 Å². The minimum absolute atomic E-state index is 0.197. The van der Waals surface area contributed by atoms with E-state index in [4.69, 9.17) is 15.7 Å². The maximum absolute atomic E-state index is 9.83. The predicted octanol–water partition coefficient (Wildman–Crippen LogP) is 2.82. The lowest BCUT2D eigenvalue weighted by molar-refractivity contribution is 0.504. The van der Waals surface area contributed by atoms with Crippen LogP contribution in [0.3, 0.4) is 0 Å². The van der Waals surface area contributed by atoms with Gasteiger partial charge in [0.2, 0.25) is 0 Å². The molecule has 1 fully saturated rings. The zero-order chi connectivity index (χ0) is 18.5. The van der Waals surface area contributed by atoms with Gasteiger partial charge in [0.15, 0.2) is 0 Å². The number of benzene rings is 1. The van der Waals surface area contributed by atoms with Crippen LogP contribution in [-0.4, -0.2) is 33.7 Å². The van der Waals surface area contributed by atoms with E-state index in [0.717, 1.165) is 59.9 Å². The van der Waals surface area contributed by atoms with Crippen LogP contribution in [0.2, 0.25) is 0 Å². The molecule has 3 aromatic rings. The van der Waals surface area contributed by atoms with Crippen LogP contribution in [0.5, 0.6) is 0 Å². The Morgan fingerprint density at radius 2 is 2.11 bits per heavy atom. The van der Waals surface area contributed by atoms with Gasteiger partial charge >= 0.3 is 0 Å². The largest absolute Gasteiger partial charge is 0.370 e. The molecular formula is C21H22N6. The van der Waals surface area contributed by atoms with Gasteiger partial charge in [-0.2, -0.15) is 5.26 Å². The number of hydrogen-bond acceptors (Lipinski definition) is 5. The number of pyridine rings is 1. The number of fused-ring (bicyclic) bond motifs is 5. The van der Waals surface area contributed by atoms with Crippen LogP contribution >= 0.6 is 0 Å². The summed E-state index contributed by atoms with van der Waals surface area (Å²) in [5.41, 5.74) is 11.4. The molecule has 0 amide bonds. The van der Waals surface area contributed by atoms with Gasteiger partial charge in [-0.05, 0) is 38.0 Å². The van der Waals surface area contributed by atoms with E-state index >= 15 is 0 Å². The zero-order valence-corrected chi connectivity index (χ0v) is 15.4. The number of nitrogens with zero attached hydrogens (tertiary/aromatic N) is 5. The first-order chi connectivity index (χ1) is 13.2. The van der Waals surface area contributed by atoms with Gasteiger partial charge in [0.1, 0.15) is 17.6 Å². The van der Waals surface area contributed by atoms with Gasteiger partial charge in [0.05, 0.1) is 17.1 Å². The number of piperidine rings is 1. The summed E-state index contributed by atoms with van der Waals surface area (Å²) < 4.78 is 2.09. The summed E-state index contributed by atoms with van der Waals surface area (Å²) in [7, 11) is 0. The van der Waals surface area contributed by atoms with Crippen LogP contribution in [0.25, 0.3) is 16.9 Å². The third-order valence-electron chi connectivity index (χ3n) is 5.68. The summed E-state index contributed by atoms with van der Waals surface area (Å²) in [5, 5.41) is 9.83. The Morgan fingerprint density at radius 3 is 2.93 bits per heavy atom. The van der Waals surface area contributed by atoms with Crippen LogP contribution in [0.4, 0.5) is 5.69 Å². The van der Waals surface area contributed by atoms with Gasteiger partial charge in [0.25, 0.3) is 0 Å². The Bertz CT molecular complexity index is 1080. The Balaban J connectivity index is 1.76. The summed E-state index contributed by atoms with van der Waals surface area (Å²) in [6.07, 6.45) is 2.81. The molecule has 6 nitrogen and oxygen atoms in total. The van der Waals surface area contributed by atoms with Crippen molar-refractivity contribution in [3.8, 4) is 11.9 Å². The standard InChI is InChI=1S/C21H22N6/c1-13-9-19(26-8-4-5-15(23)12-26)16-10-14(11-22)20-25-17-6-2-3-7-18(17)27(20)21(16)24-13/h2-3,6-7,9,14-15H,4-5,8,10,12,23H2,1H3. The molecule has 2 aromatic heterocycles. The summed E-state index contributed by atoms with van der Waals surface area (Å²) in [4.78, 5) is 12.0. The van der Waals surface area contributed by atoms with E-state index in [9.17, 15) is 5.26 Å². The molecule has 2 aliphatic rings. The number of rotatable bonds is 1. The lowest BCUT2D eigenvalue weighted by Gasteiger charge is -2.36. The first-order valence-corrected chi connectivity index (χ1v) is 9.54. The third-order valence-corrected chi connectivity index (χ3v) is 5.68. The minimum atomic E-state index is -0.272. The molecule has 2 atom stereocenters. The number of anilines is 1. The molecule has 0 spiro atoms. The van der Waals surface area contributed by atoms with Gasteiger partial charge in [-0.3, -0.25) is 4.57 Å². The lowest BCUT2D eigenvalue weighted by atomic mass is 9.93. The molecule has 5 rings (SSSR count). The average molecular weight is 358 g/mol. The Morgan fingerprint density at radius 1 is 1.26 bits per heavy atom. The summed E-state index contributed by atoms with van der Waals surface area (Å²) >= 11 is 0. The van der Waals surface area contributed by atoms with E-state index < -0.39 is 0 Å². The molecule has 0 saturated carbocycles. The van der Waals surface area contributed by atoms with E-state index in [0.29, 0.717) is 6.42 Å². The van der Waals surface area contributed by atoms with Crippen molar-refractivity contribution in [3.05, 3.63) is 47.4 Å². The van der Waals surface area contributed by atoms with Crippen molar-refractivity contribution in [2.75, 3.05) is 18.0 Å². The molecule has 1 saturated heterocycles. The first kappa shape index (κ1) is 16.3. The van der Waals surface area contributed by atoms with Crippen molar-refractivity contribution in [3.63, 3.8) is 0 Å². The molecule has 2 aliphatic heterocycles. The highest BCUT2D eigenvalue weighted by Gasteiger charge is 2.33. The minimum Gasteiger partial charge on any atom is -0.370 e. The maximum Gasteiger partial charge on any atom is 0.144 e. The van der Waals surface area contributed by atoms with Gasteiger partial charge in [-0.15, -0.1) is 0 Å². The zero-order valence-electron chi connectivity index (χ0n) is 15.4. The summed E-state index contributed by atoms with van der Waals surface area (Å²) in [6, 6.07) is 12.8. The summed E-state index contributed by atoms with van der Waals surface area (Å²) in [5.74, 6) is 1.44. The molecule has 4 heterocycles. The van der Waals surface area contributed by atoms with Crippen molar-refractivity contribution in [2.24, 2.45) is 5.73 Å². The van der Waals surface area contributed by atoms with Crippen molar-refractivity contribution in [2.45, 2.75) is 38.1 Å². The highest BCUT2D eigenvalue weighted by molar-refractivity contribution is 5.80. The smallest absolute Gasteiger partial charge is 0.144 e. The second-order valence-electron chi connectivity index (χ2n) is 7.61. The maximum atomic E-state index is 9.83. The van der Waals surface area contributed by atoms with Crippen LogP contribution in [0, 0.1) is 18.3 Å². The van der Waals surface area contributed by atoms with E-state index in [1.807, 2.05) is 25.1 Å². The number of aryl methyl sites for hydroxylation is 1. The fourth-order valence-corrected chi connectivity index (χ4v) is 4.46. The normalized spacial score (nSPS) is 21.6. The molecular weight excluding hydrogens is 336 g/mol. The molecule has 0 aliphatic carbocycles. The molecule has 27 heavy (non-hydrogen) atoms. The second kappa shape index (κ2) is 6.07. The fraction of sp³-hybridized carbons (Fsp3) is 0.381. The van der Waals surface area contributed by atoms with Crippen molar-refractivity contribution >= 4 is 16.7 Å². The van der Waals surface area contributed by atoms with Gasteiger partial charge in [-0.1, -0.05) is 12.1 Å². The SMILES string of the molecule is Cc1cc(N2CCCC(N)C2)c2c(n1)-n1c(nc3ccccc31)C(C#N)C2. The fourth-order valence-electron chi connectivity index (χ4n) is 4.46. The van der Waals surface area contributed by atoms with Gasteiger partial charge < -0.3 is 10.6 Å². The molecule has 0 radical (unpaired) electrons. The Hall–Kier alpha value is -2.91. The van der Waals surface area contributed by atoms with Gasteiger partial charge in [-0.25, -0.2) is 9.97 Å². The quantitative estimate of drug-likeness (QED) is 0.723. The predicted molar refractivity (Wildman–Crippen MR) is 105 cm³/mol. The number of para-hydroxylation sites is 2. The number of nitriles is 1. The Labute approximate surface area is 158 Å². The summed E-state index contributed by atoms with van der Waals surface area (Å²) in [6.45, 7) is 3.88. The number of hydrogen-bond donors (Lipinski definition) is 1. The molecule has 136 valence electrons. The van der Waals surface area contributed by atoms with Crippen LogP contribution in [0.1, 0.15) is 35.8 Å². The number of nitrogens with two attached hydrogens (primary N) is 1. The molecule has 2 N–H and O–H groups in total. The third kappa shape index (κ3) is 2.50. The number of imidazole rings is 1. The van der Waals surface area contributed by atoms with E-state index in [2.05, 4.69) is 27.7 Å². The Kier molecular flexibility index (Phi) is 3.66. The first-order valence-electron chi connectivity index (χ1n) is 9.54. The van der Waals surface area contributed by atoms with Crippen molar-refractivity contribution in [1.82, 2.24) is 14.5 Å². The number of aromatic nitrogens is 3. The van der Waals surface area contributed by atoms with Crippen LogP contribution in [-0.2, 0) is 6.42 Å². The van der Waals surface area contributed by atoms with Crippen molar-refractivity contribution in [1.29, 1.82) is 5.26 Å². The van der Waals surface area contributed by atoms with Crippen molar-refractivity contribution < 1.29 is 0 Å². The van der Waals surface area contributed by atoms with Crippen LogP contribution in [0.15, 0.2) is 30.3 Å². The van der Waals surface area contributed by atoms with Gasteiger partial charge in [0, 0.05) is 42.5 Å². The molecule has 1 aromatic carbocycles. The monoisotopic (exact) mass is 358 g/mol. The van der Waals surface area contributed by atoms with E-state index in [1.54, 1.807) is 0 Å². The molecule has 2 unspecified atom stereocenters. The highest BCUT2D eigenvalue weighted by atomic mass is 15.2. The highest BCUT2D eigenvalue weighted by Crippen LogP contribution is 2.39. The average Bonchev–Trinajstić information content (AvgIpc) is 3.07. The molecule has 0 bridgehead atoms. The van der Waals surface area contributed by atoms with Crippen LogP contribution < -0.4 is 10.6 Å². The lowest BCUT2D eigenvalue weighted by Crippen LogP contribution is -2.43.